The van der Waals surface area contributed by atoms with Crippen molar-refractivity contribution >= 4 is 29.0 Å². The third-order valence-corrected chi connectivity index (χ3v) is 4.21. The number of ether oxygens (including phenoxy) is 1. The first-order valence-corrected chi connectivity index (χ1v) is 8.21. The fourth-order valence-electron chi connectivity index (χ4n) is 2.52. The average molecular weight is 328 g/mol. The van der Waals surface area contributed by atoms with Gasteiger partial charge in [-0.2, -0.15) is 11.3 Å². The Kier molecular flexibility index (Phi) is 4.43. The molecule has 1 aliphatic heterocycles. The number of nitrogens with one attached hydrogen (secondary N) is 2. The minimum atomic E-state index is -0.524. The molecule has 6 heteroatoms. The zero-order chi connectivity index (χ0) is 16.2. The first-order valence-electron chi connectivity index (χ1n) is 7.27. The van der Waals surface area contributed by atoms with Gasteiger partial charge in [-0.1, -0.05) is 30.3 Å². The van der Waals surface area contributed by atoms with Crippen LogP contribution in [0.25, 0.3) is 5.70 Å². The number of carbonyl (C=O) groups is 2. The van der Waals surface area contributed by atoms with Crippen LogP contribution in [-0.2, 0) is 9.53 Å². The molecule has 5 nitrogen and oxygen atoms in total. The lowest BCUT2D eigenvalue weighted by molar-refractivity contribution is -0.138. The predicted molar refractivity (Wildman–Crippen MR) is 88.7 cm³/mol. The number of hydrogen-bond donors (Lipinski definition) is 2. The van der Waals surface area contributed by atoms with Crippen molar-refractivity contribution < 1.29 is 14.3 Å². The van der Waals surface area contributed by atoms with Crippen LogP contribution in [0.3, 0.4) is 0 Å². The standard InChI is InChI=1S/C17H16N2O3S/c1-2-22-16(20)13-14(11-6-4-3-5-7-11)18-17(21)19-15(13)12-8-9-23-10-12/h3-10,15H,2H2,1H3,(H2,18,19,21)/t15-/m0/s1. The maximum Gasteiger partial charge on any atom is 0.338 e. The van der Waals surface area contributed by atoms with E-state index in [1.54, 1.807) is 6.92 Å². The zero-order valence-electron chi connectivity index (χ0n) is 12.5. The van der Waals surface area contributed by atoms with E-state index < -0.39 is 12.0 Å². The molecule has 2 aromatic rings. The molecule has 0 fully saturated rings. The third kappa shape index (κ3) is 3.12. The van der Waals surface area contributed by atoms with Crippen LogP contribution in [0.2, 0.25) is 0 Å². The second-order valence-electron chi connectivity index (χ2n) is 4.96. The molecular weight excluding hydrogens is 312 g/mol. The first kappa shape index (κ1) is 15.3. The van der Waals surface area contributed by atoms with E-state index in [9.17, 15) is 9.59 Å². The SMILES string of the molecule is CCOC(=O)C1=C(c2ccccc2)NC(=O)N[C@H]1c1ccsc1. The number of hydrogen-bond acceptors (Lipinski definition) is 4. The molecular formula is C17H16N2O3S. The van der Waals surface area contributed by atoms with Crippen molar-refractivity contribution in [2.24, 2.45) is 0 Å². The summed E-state index contributed by atoms with van der Waals surface area (Å²) in [5, 5.41) is 9.38. The summed E-state index contributed by atoms with van der Waals surface area (Å²) in [6.45, 7) is 2.03. The van der Waals surface area contributed by atoms with Crippen LogP contribution in [-0.4, -0.2) is 18.6 Å². The number of benzene rings is 1. The van der Waals surface area contributed by atoms with E-state index in [0.29, 0.717) is 11.3 Å². The van der Waals surface area contributed by atoms with E-state index >= 15 is 0 Å². The zero-order valence-corrected chi connectivity index (χ0v) is 13.4. The highest BCUT2D eigenvalue weighted by molar-refractivity contribution is 7.08. The van der Waals surface area contributed by atoms with Crippen molar-refractivity contribution in [2.45, 2.75) is 13.0 Å². The molecule has 0 radical (unpaired) electrons. The highest BCUT2D eigenvalue weighted by Crippen LogP contribution is 2.32. The Morgan fingerprint density at radius 2 is 2.04 bits per heavy atom. The number of thiophene rings is 1. The molecule has 1 atom stereocenters. The molecule has 0 saturated heterocycles. The lowest BCUT2D eigenvalue weighted by atomic mass is 9.94. The predicted octanol–water partition coefficient (Wildman–Crippen LogP) is 3.08. The van der Waals surface area contributed by atoms with Crippen molar-refractivity contribution in [3.8, 4) is 0 Å². The van der Waals surface area contributed by atoms with Crippen LogP contribution >= 0.6 is 11.3 Å². The second kappa shape index (κ2) is 6.66. The maximum absolute atomic E-state index is 12.5. The van der Waals surface area contributed by atoms with Crippen molar-refractivity contribution in [1.29, 1.82) is 0 Å². The van der Waals surface area contributed by atoms with Crippen LogP contribution < -0.4 is 10.6 Å². The Morgan fingerprint density at radius 1 is 1.26 bits per heavy atom. The molecule has 1 aromatic carbocycles. The van der Waals surface area contributed by atoms with Gasteiger partial charge in [-0.15, -0.1) is 0 Å². The first-order chi connectivity index (χ1) is 11.2. The van der Waals surface area contributed by atoms with Crippen LogP contribution in [0.4, 0.5) is 4.79 Å². The highest BCUT2D eigenvalue weighted by atomic mass is 32.1. The lowest BCUT2D eigenvalue weighted by Gasteiger charge is -2.28. The number of urea groups is 1. The van der Waals surface area contributed by atoms with Crippen LogP contribution in [0.5, 0.6) is 0 Å². The molecule has 0 spiro atoms. The van der Waals surface area contributed by atoms with Gasteiger partial charge in [0, 0.05) is 0 Å². The summed E-state index contributed by atoms with van der Waals surface area (Å²) < 4.78 is 5.21. The van der Waals surface area contributed by atoms with E-state index in [2.05, 4.69) is 10.6 Å². The van der Waals surface area contributed by atoms with Gasteiger partial charge >= 0.3 is 12.0 Å². The molecule has 0 aliphatic carbocycles. The smallest absolute Gasteiger partial charge is 0.338 e. The van der Waals surface area contributed by atoms with Gasteiger partial charge in [0.1, 0.15) is 0 Å². The van der Waals surface area contributed by atoms with Gasteiger partial charge in [0.2, 0.25) is 0 Å². The molecule has 1 aromatic heterocycles. The van der Waals surface area contributed by atoms with E-state index in [1.165, 1.54) is 11.3 Å². The van der Waals surface area contributed by atoms with E-state index in [0.717, 1.165) is 11.1 Å². The fourth-order valence-corrected chi connectivity index (χ4v) is 3.20. The van der Waals surface area contributed by atoms with E-state index in [1.807, 2.05) is 47.2 Å². The van der Waals surface area contributed by atoms with Gasteiger partial charge < -0.3 is 15.4 Å². The summed E-state index contributed by atoms with van der Waals surface area (Å²) in [6.07, 6.45) is 0. The molecule has 0 unspecified atom stereocenters. The van der Waals surface area contributed by atoms with Crippen LogP contribution in [0, 0.1) is 0 Å². The number of esters is 1. The second-order valence-corrected chi connectivity index (χ2v) is 5.74. The van der Waals surface area contributed by atoms with Gasteiger partial charge in [-0.05, 0) is 34.9 Å². The molecule has 23 heavy (non-hydrogen) atoms. The van der Waals surface area contributed by atoms with Gasteiger partial charge in [0.15, 0.2) is 0 Å². The van der Waals surface area contributed by atoms with Crippen molar-refractivity contribution in [3.63, 3.8) is 0 Å². The van der Waals surface area contributed by atoms with Gasteiger partial charge in [-0.3, -0.25) is 0 Å². The summed E-state index contributed by atoms with van der Waals surface area (Å²) >= 11 is 1.51. The Morgan fingerprint density at radius 3 is 2.70 bits per heavy atom. The average Bonchev–Trinajstić information content (AvgIpc) is 3.09. The van der Waals surface area contributed by atoms with Crippen LogP contribution in [0.15, 0.2) is 52.7 Å². The topological polar surface area (TPSA) is 67.4 Å². The normalized spacial score (nSPS) is 17.4. The Balaban J connectivity index is 2.15. The molecule has 2 N–H and O–H groups in total. The van der Waals surface area contributed by atoms with E-state index in [-0.39, 0.29) is 12.6 Å². The summed E-state index contributed by atoms with van der Waals surface area (Å²) in [6, 6.07) is 10.3. The number of amides is 2. The van der Waals surface area contributed by atoms with Gasteiger partial charge in [0.25, 0.3) is 0 Å². The van der Waals surface area contributed by atoms with E-state index in [4.69, 9.17) is 4.74 Å². The minimum Gasteiger partial charge on any atom is -0.463 e. The van der Waals surface area contributed by atoms with Gasteiger partial charge in [0.05, 0.1) is 23.9 Å². The number of carbonyl (C=O) groups excluding carboxylic acids is 2. The third-order valence-electron chi connectivity index (χ3n) is 3.51. The molecule has 2 heterocycles. The summed E-state index contributed by atoms with van der Waals surface area (Å²) in [5.74, 6) is -0.435. The van der Waals surface area contributed by atoms with Crippen molar-refractivity contribution in [3.05, 3.63) is 63.9 Å². The summed E-state index contributed by atoms with van der Waals surface area (Å²) in [7, 11) is 0. The lowest BCUT2D eigenvalue weighted by Crippen LogP contribution is -2.45. The monoisotopic (exact) mass is 328 g/mol. The Hall–Kier alpha value is -2.60. The fraction of sp³-hybridized carbons (Fsp3) is 0.176. The molecule has 0 bridgehead atoms. The maximum atomic E-state index is 12.5. The molecule has 0 saturated carbocycles. The van der Waals surface area contributed by atoms with Crippen molar-refractivity contribution in [1.82, 2.24) is 10.6 Å². The largest absolute Gasteiger partial charge is 0.463 e. The summed E-state index contributed by atoms with van der Waals surface area (Å²) in [4.78, 5) is 24.6. The van der Waals surface area contributed by atoms with Crippen LogP contribution in [0.1, 0.15) is 24.1 Å². The molecule has 2 amide bonds. The van der Waals surface area contributed by atoms with Crippen molar-refractivity contribution in [2.75, 3.05) is 6.61 Å². The molecule has 1 aliphatic rings. The molecule has 118 valence electrons. The highest BCUT2D eigenvalue weighted by Gasteiger charge is 2.34. The minimum absolute atomic E-state index is 0.273. The molecule has 3 rings (SSSR count). The summed E-state index contributed by atoms with van der Waals surface area (Å²) in [5.41, 5.74) is 2.53. The Bertz CT molecular complexity index is 738. The van der Waals surface area contributed by atoms with Gasteiger partial charge in [-0.25, -0.2) is 9.59 Å². The Labute approximate surface area is 138 Å². The number of rotatable bonds is 4. The quantitative estimate of drug-likeness (QED) is 0.848.